The van der Waals surface area contributed by atoms with E-state index in [4.69, 9.17) is 19.3 Å². The van der Waals surface area contributed by atoms with Gasteiger partial charge in [0.15, 0.2) is 6.10 Å². The van der Waals surface area contributed by atoms with Gasteiger partial charge < -0.3 is 19.3 Å². The molecule has 8 nitrogen and oxygen atoms in total. The van der Waals surface area contributed by atoms with E-state index in [-0.39, 0.29) is 19.4 Å². The summed E-state index contributed by atoms with van der Waals surface area (Å²) in [7, 11) is -4.73. The van der Waals surface area contributed by atoms with Crippen molar-refractivity contribution >= 4 is 19.8 Å². The lowest BCUT2D eigenvalue weighted by Crippen LogP contribution is -2.29. The average molecular weight is 547 g/mol. The molecule has 0 aliphatic carbocycles. The zero-order valence-electron chi connectivity index (χ0n) is 23.1. The molecule has 1 atom stereocenters. The van der Waals surface area contributed by atoms with Crippen molar-refractivity contribution in [1.29, 1.82) is 0 Å². The molecule has 0 radical (unpaired) electrons. The highest BCUT2D eigenvalue weighted by Crippen LogP contribution is 2.35. The Bertz CT molecular complexity index is 671. The normalized spacial score (nSPS) is 12.9. The van der Waals surface area contributed by atoms with Gasteiger partial charge in [0.25, 0.3) is 0 Å². The van der Waals surface area contributed by atoms with Gasteiger partial charge in [-0.1, -0.05) is 95.9 Å². The van der Waals surface area contributed by atoms with Crippen LogP contribution in [0.2, 0.25) is 0 Å². The number of hydrogen-bond acceptors (Lipinski definition) is 6. The van der Waals surface area contributed by atoms with E-state index in [2.05, 4.69) is 42.7 Å². The first-order valence-corrected chi connectivity index (χ1v) is 15.7. The van der Waals surface area contributed by atoms with Crippen LogP contribution in [-0.4, -0.2) is 41.0 Å². The van der Waals surface area contributed by atoms with E-state index in [1.165, 1.54) is 12.8 Å². The highest BCUT2D eigenvalue weighted by Gasteiger charge is 2.22. The van der Waals surface area contributed by atoms with Crippen LogP contribution in [0.3, 0.4) is 0 Å². The summed E-state index contributed by atoms with van der Waals surface area (Å²) < 4.78 is 25.9. The number of phosphoric acid groups is 1. The summed E-state index contributed by atoms with van der Waals surface area (Å²) >= 11 is 0. The fourth-order valence-corrected chi connectivity index (χ4v) is 3.94. The predicted molar refractivity (Wildman–Crippen MR) is 147 cm³/mol. The molecule has 2 N–H and O–H groups in total. The summed E-state index contributed by atoms with van der Waals surface area (Å²) in [5.74, 6) is -0.916. The molecule has 0 heterocycles. The molecule has 0 rings (SSSR count). The Morgan fingerprint density at radius 1 is 0.703 bits per heavy atom. The van der Waals surface area contributed by atoms with Crippen LogP contribution in [-0.2, 0) is 28.2 Å². The van der Waals surface area contributed by atoms with Crippen LogP contribution in [0, 0.1) is 0 Å². The lowest BCUT2D eigenvalue weighted by molar-refractivity contribution is -0.161. The SMILES string of the molecule is CCC/C=C\C/C=C\CCCCCCCC(=O)OC(COC(=O)CCCCCCCC)COP(=O)(O)O. The van der Waals surface area contributed by atoms with Crippen molar-refractivity contribution in [2.75, 3.05) is 13.2 Å². The van der Waals surface area contributed by atoms with Gasteiger partial charge in [-0.3, -0.25) is 14.1 Å². The minimum atomic E-state index is -4.73. The molecule has 0 aromatic carbocycles. The molecule has 0 amide bonds. The second-order valence-corrected chi connectivity index (χ2v) is 10.6. The van der Waals surface area contributed by atoms with Gasteiger partial charge in [0, 0.05) is 12.8 Å². The van der Waals surface area contributed by atoms with Crippen molar-refractivity contribution in [3.05, 3.63) is 24.3 Å². The third-order valence-corrected chi connectivity index (χ3v) is 6.19. The Morgan fingerprint density at radius 3 is 1.89 bits per heavy atom. The first-order chi connectivity index (χ1) is 17.8. The van der Waals surface area contributed by atoms with E-state index in [1.54, 1.807) is 0 Å². The Morgan fingerprint density at radius 2 is 1.27 bits per heavy atom. The largest absolute Gasteiger partial charge is 0.469 e. The van der Waals surface area contributed by atoms with Gasteiger partial charge in [-0.2, -0.15) is 0 Å². The molecule has 0 bridgehead atoms. The van der Waals surface area contributed by atoms with E-state index < -0.39 is 32.5 Å². The van der Waals surface area contributed by atoms with Gasteiger partial charge in [0.1, 0.15) is 6.61 Å². The Hall–Kier alpha value is -1.47. The molecule has 0 fully saturated rings. The van der Waals surface area contributed by atoms with E-state index >= 15 is 0 Å². The van der Waals surface area contributed by atoms with Crippen LogP contribution in [0.1, 0.15) is 123 Å². The van der Waals surface area contributed by atoms with Gasteiger partial charge in [-0.15, -0.1) is 0 Å². The van der Waals surface area contributed by atoms with E-state index in [0.717, 1.165) is 77.0 Å². The maximum Gasteiger partial charge on any atom is 0.469 e. The fraction of sp³-hybridized carbons (Fsp3) is 0.786. The molecule has 0 saturated heterocycles. The molecule has 0 aliphatic rings. The molecule has 0 aromatic heterocycles. The van der Waals surface area contributed by atoms with Crippen molar-refractivity contribution in [2.24, 2.45) is 0 Å². The Labute approximate surface area is 224 Å². The number of unbranched alkanes of at least 4 members (excludes halogenated alkanes) is 11. The molecule has 216 valence electrons. The summed E-state index contributed by atoms with van der Waals surface area (Å²) in [5, 5.41) is 0. The summed E-state index contributed by atoms with van der Waals surface area (Å²) in [6.45, 7) is 3.49. The molecule has 1 unspecified atom stereocenters. The van der Waals surface area contributed by atoms with Gasteiger partial charge in [0.2, 0.25) is 0 Å². The standard InChI is InChI=1S/C28H51O8P/c1-3-5-7-9-11-12-13-14-15-16-17-19-21-23-28(30)36-26(25-35-37(31,32)33)24-34-27(29)22-20-18-10-8-6-4-2/h7,9,12-13,26H,3-6,8,10-11,14-25H2,1-2H3,(H2,31,32,33)/b9-7-,13-12-. The number of ether oxygens (including phenoxy) is 2. The number of esters is 2. The van der Waals surface area contributed by atoms with Gasteiger partial charge in [0.05, 0.1) is 6.61 Å². The Kier molecular flexibility index (Phi) is 23.9. The molecule has 9 heteroatoms. The average Bonchev–Trinajstić information content (AvgIpc) is 2.85. The number of carbonyl (C=O) groups is 2. The van der Waals surface area contributed by atoms with Crippen molar-refractivity contribution in [3.63, 3.8) is 0 Å². The van der Waals surface area contributed by atoms with Crippen molar-refractivity contribution in [1.82, 2.24) is 0 Å². The summed E-state index contributed by atoms with van der Waals surface area (Å²) in [6, 6.07) is 0. The maximum absolute atomic E-state index is 12.2. The number of rotatable bonds is 25. The molecule has 0 aliphatic heterocycles. The zero-order chi connectivity index (χ0) is 27.6. The molecule has 0 spiro atoms. The summed E-state index contributed by atoms with van der Waals surface area (Å²) in [5.41, 5.74) is 0. The van der Waals surface area contributed by atoms with Crippen LogP contribution in [0.5, 0.6) is 0 Å². The second-order valence-electron chi connectivity index (χ2n) is 9.37. The van der Waals surface area contributed by atoms with E-state index in [0.29, 0.717) is 6.42 Å². The van der Waals surface area contributed by atoms with Gasteiger partial charge in [-0.05, 0) is 38.5 Å². The van der Waals surface area contributed by atoms with E-state index in [9.17, 15) is 14.2 Å². The third kappa shape index (κ3) is 27.4. The van der Waals surface area contributed by atoms with Crippen LogP contribution >= 0.6 is 7.82 Å². The van der Waals surface area contributed by atoms with Crippen molar-refractivity contribution < 1.29 is 37.9 Å². The third-order valence-electron chi connectivity index (χ3n) is 5.70. The molecule has 37 heavy (non-hydrogen) atoms. The summed E-state index contributed by atoms with van der Waals surface area (Å²) in [4.78, 5) is 42.1. The second kappa shape index (κ2) is 24.8. The molecule has 0 saturated carbocycles. The van der Waals surface area contributed by atoms with Gasteiger partial charge >= 0.3 is 19.8 Å². The smallest absolute Gasteiger partial charge is 0.462 e. The fourth-order valence-electron chi connectivity index (χ4n) is 3.58. The van der Waals surface area contributed by atoms with Gasteiger partial charge in [-0.25, -0.2) is 4.57 Å². The molecule has 0 aromatic rings. The first kappa shape index (κ1) is 35.5. The zero-order valence-corrected chi connectivity index (χ0v) is 24.0. The number of carbonyl (C=O) groups excluding carboxylic acids is 2. The highest BCUT2D eigenvalue weighted by molar-refractivity contribution is 7.46. The number of phosphoric ester groups is 1. The minimum Gasteiger partial charge on any atom is -0.462 e. The maximum atomic E-state index is 12.2. The number of allylic oxidation sites excluding steroid dienone is 4. The molecular formula is C28H51O8P. The van der Waals surface area contributed by atoms with Crippen LogP contribution in [0.4, 0.5) is 0 Å². The van der Waals surface area contributed by atoms with Crippen molar-refractivity contribution in [2.45, 2.75) is 129 Å². The van der Waals surface area contributed by atoms with Crippen LogP contribution < -0.4 is 0 Å². The van der Waals surface area contributed by atoms with Crippen LogP contribution in [0.15, 0.2) is 24.3 Å². The number of hydrogen-bond donors (Lipinski definition) is 2. The first-order valence-electron chi connectivity index (χ1n) is 14.1. The quantitative estimate of drug-likeness (QED) is 0.0528. The topological polar surface area (TPSA) is 119 Å². The lowest BCUT2D eigenvalue weighted by Gasteiger charge is -2.18. The Balaban J connectivity index is 4.10. The predicted octanol–water partition coefficient (Wildman–Crippen LogP) is 7.33. The highest BCUT2D eigenvalue weighted by atomic mass is 31.2. The van der Waals surface area contributed by atoms with Crippen LogP contribution in [0.25, 0.3) is 0 Å². The minimum absolute atomic E-state index is 0.197. The monoisotopic (exact) mass is 546 g/mol. The molecular weight excluding hydrogens is 495 g/mol. The van der Waals surface area contributed by atoms with Crippen molar-refractivity contribution in [3.8, 4) is 0 Å². The summed E-state index contributed by atoms with van der Waals surface area (Å²) in [6.07, 6.45) is 23.6. The lowest BCUT2D eigenvalue weighted by atomic mass is 10.1. The van der Waals surface area contributed by atoms with E-state index in [1.807, 2.05) is 0 Å².